The van der Waals surface area contributed by atoms with Gasteiger partial charge in [0, 0.05) is 32.5 Å². The first kappa shape index (κ1) is 17.0. The van der Waals surface area contributed by atoms with Crippen LogP contribution in [-0.2, 0) is 14.3 Å². The number of unbranched alkanes of at least 4 members (excludes halogenated alkanes) is 2. The molecule has 1 aliphatic rings. The van der Waals surface area contributed by atoms with Gasteiger partial charge in [0.05, 0.1) is 6.61 Å². The molecule has 0 aromatic heterocycles. The SMILES string of the molecule is CCOC(=O)CCCCCNCCC(=O)N1CCCC1. The van der Waals surface area contributed by atoms with E-state index in [1.807, 2.05) is 11.8 Å². The molecule has 1 N–H and O–H groups in total. The van der Waals surface area contributed by atoms with Crippen molar-refractivity contribution in [3.8, 4) is 0 Å². The maximum Gasteiger partial charge on any atom is 0.305 e. The highest BCUT2D eigenvalue weighted by Crippen LogP contribution is 2.08. The normalized spacial score (nSPS) is 14.6. The zero-order chi connectivity index (χ0) is 14.6. The predicted octanol–water partition coefficient (Wildman–Crippen LogP) is 1.71. The summed E-state index contributed by atoms with van der Waals surface area (Å²) >= 11 is 0. The van der Waals surface area contributed by atoms with Gasteiger partial charge in [-0.15, -0.1) is 0 Å². The van der Waals surface area contributed by atoms with Gasteiger partial charge < -0.3 is 15.0 Å². The van der Waals surface area contributed by atoms with E-state index in [0.29, 0.717) is 19.4 Å². The molecule has 1 rings (SSSR count). The zero-order valence-corrected chi connectivity index (χ0v) is 12.7. The molecule has 1 saturated heterocycles. The van der Waals surface area contributed by atoms with Gasteiger partial charge in [-0.3, -0.25) is 9.59 Å². The Balaban J connectivity index is 1.85. The lowest BCUT2D eigenvalue weighted by molar-refractivity contribution is -0.143. The Hall–Kier alpha value is -1.10. The Morgan fingerprint density at radius 2 is 1.80 bits per heavy atom. The molecule has 0 unspecified atom stereocenters. The summed E-state index contributed by atoms with van der Waals surface area (Å²) in [7, 11) is 0. The monoisotopic (exact) mass is 284 g/mol. The van der Waals surface area contributed by atoms with E-state index in [4.69, 9.17) is 4.74 Å². The average Bonchev–Trinajstić information content (AvgIpc) is 2.96. The lowest BCUT2D eigenvalue weighted by Crippen LogP contribution is -2.30. The van der Waals surface area contributed by atoms with Gasteiger partial charge in [-0.25, -0.2) is 0 Å². The molecule has 1 fully saturated rings. The van der Waals surface area contributed by atoms with Crippen molar-refractivity contribution in [3.63, 3.8) is 0 Å². The van der Waals surface area contributed by atoms with Crippen LogP contribution in [0.1, 0.15) is 51.9 Å². The second-order valence-electron chi connectivity index (χ2n) is 5.20. The van der Waals surface area contributed by atoms with Crippen LogP contribution in [0.2, 0.25) is 0 Å². The number of rotatable bonds is 10. The van der Waals surface area contributed by atoms with Gasteiger partial charge in [-0.1, -0.05) is 6.42 Å². The van der Waals surface area contributed by atoms with E-state index < -0.39 is 0 Å². The second-order valence-corrected chi connectivity index (χ2v) is 5.20. The fourth-order valence-electron chi connectivity index (χ4n) is 2.37. The van der Waals surface area contributed by atoms with E-state index >= 15 is 0 Å². The number of amides is 1. The third-order valence-electron chi connectivity index (χ3n) is 3.51. The molecule has 116 valence electrons. The van der Waals surface area contributed by atoms with E-state index in [0.717, 1.165) is 58.3 Å². The lowest BCUT2D eigenvalue weighted by Gasteiger charge is -2.15. The average molecular weight is 284 g/mol. The molecule has 0 radical (unpaired) electrons. The van der Waals surface area contributed by atoms with Crippen molar-refractivity contribution < 1.29 is 14.3 Å². The molecule has 0 bridgehead atoms. The summed E-state index contributed by atoms with van der Waals surface area (Å²) in [5.41, 5.74) is 0. The van der Waals surface area contributed by atoms with E-state index in [2.05, 4.69) is 5.32 Å². The van der Waals surface area contributed by atoms with E-state index in [9.17, 15) is 9.59 Å². The summed E-state index contributed by atoms with van der Waals surface area (Å²) in [4.78, 5) is 24.8. The van der Waals surface area contributed by atoms with Crippen molar-refractivity contribution in [3.05, 3.63) is 0 Å². The minimum absolute atomic E-state index is 0.100. The minimum Gasteiger partial charge on any atom is -0.466 e. The van der Waals surface area contributed by atoms with Gasteiger partial charge in [-0.05, 0) is 39.2 Å². The van der Waals surface area contributed by atoms with E-state index in [1.165, 1.54) is 0 Å². The van der Waals surface area contributed by atoms with Crippen LogP contribution in [0.5, 0.6) is 0 Å². The highest BCUT2D eigenvalue weighted by atomic mass is 16.5. The van der Waals surface area contributed by atoms with Crippen molar-refractivity contribution in [2.45, 2.75) is 51.9 Å². The van der Waals surface area contributed by atoms with Gasteiger partial charge in [0.15, 0.2) is 0 Å². The largest absolute Gasteiger partial charge is 0.466 e. The highest BCUT2D eigenvalue weighted by Gasteiger charge is 2.16. The van der Waals surface area contributed by atoms with Gasteiger partial charge in [0.1, 0.15) is 0 Å². The number of nitrogens with zero attached hydrogens (tertiary/aromatic N) is 1. The molecule has 1 heterocycles. The molecule has 0 saturated carbocycles. The van der Waals surface area contributed by atoms with Crippen LogP contribution < -0.4 is 5.32 Å². The number of carbonyl (C=O) groups excluding carboxylic acids is 2. The first-order chi connectivity index (χ1) is 9.74. The quantitative estimate of drug-likeness (QED) is 0.490. The number of carbonyl (C=O) groups is 2. The van der Waals surface area contributed by atoms with Crippen LogP contribution in [0.4, 0.5) is 0 Å². The fourth-order valence-corrected chi connectivity index (χ4v) is 2.37. The third-order valence-corrected chi connectivity index (χ3v) is 3.51. The number of nitrogens with one attached hydrogen (secondary N) is 1. The number of likely N-dealkylation sites (tertiary alicyclic amines) is 1. The maximum atomic E-state index is 11.8. The van der Waals surface area contributed by atoms with Gasteiger partial charge in [0.25, 0.3) is 0 Å². The molecule has 0 aromatic carbocycles. The third kappa shape index (κ3) is 7.48. The molecule has 0 spiro atoms. The Labute approximate surface area is 122 Å². The smallest absolute Gasteiger partial charge is 0.305 e. The highest BCUT2D eigenvalue weighted by molar-refractivity contribution is 5.76. The van der Waals surface area contributed by atoms with E-state index in [1.54, 1.807) is 0 Å². The standard InChI is InChI=1S/C15H28N2O3/c1-2-20-15(19)8-4-3-5-10-16-11-9-14(18)17-12-6-7-13-17/h16H,2-13H2,1H3. The summed E-state index contributed by atoms with van der Waals surface area (Å²) in [6.07, 6.45) is 6.36. The van der Waals surface area contributed by atoms with Crippen LogP contribution in [0.3, 0.4) is 0 Å². The summed E-state index contributed by atoms with van der Waals surface area (Å²) < 4.78 is 4.87. The Kier molecular flexibility index (Phi) is 9.04. The van der Waals surface area contributed by atoms with Crippen molar-refractivity contribution in [2.75, 3.05) is 32.8 Å². The minimum atomic E-state index is -0.100. The topological polar surface area (TPSA) is 58.6 Å². The van der Waals surface area contributed by atoms with Crippen molar-refractivity contribution in [2.24, 2.45) is 0 Å². The zero-order valence-electron chi connectivity index (χ0n) is 12.7. The van der Waals surface area contributed by atoms with Gasteiger partial charge >= 0.3 is 5.97 Å². The van der Waals surface area contributed by atoms with Crippen LogP contribution >= 0.6 is 0 Å². The maximum absolute atomic E-state index is 11.8. The molecular formula is C15H28N2O3. The molecule has 20 heavy (non-hydrogen) atoms. The first-order valence-corrected chi connectivity index (χ1v) is 7.88. The van der Waals surface area contributed by atoms with Crippen LogP contribution in [-0.4, -0.2) is 49.6 Å². The molecule has 1 amide bonds. The molecular weight excluding hydrogens is 256 g/mol. The molecule has 5 nitrogen and oxygen atoms in total. The number of hydrogen-bond donors (Lipinski definition) is 1. The summed E-state index contributed by atoms with van der Waals surface area (Å²) in [6, 6.07) is 0. The first-order valence-electron chi connectivity index (χ1n) is 7.88. The molecule has 5 heteroatoms. The summed E-state index contributed by atoms with van der Waals surface area (Å²) in [6.45, 7) is 5.83. The van der Waals surface area contributed by atoms with Crippen molar-refractivity contribution >= 4 is 11.9 Å². The second kappa shape index (κ2) is 10.7. The summed E-state index contributed by atoms with van der Waals surface area (Å²) in [5, 5.41) is 3.29. The molecule has 0 atom stereocenters. The van der Waals surface area contributed by atoms with Gasteiger partial charge in [0.2, 0.25) is 5.91 Å². The molecule has 0 aliphatic carbocycles. The Bertz CT molecular complexity index is 289. The van der Waals surface area contributed by atoms with E-state index in [-0.39, 0.29) is 11.9 Å². The molecule has 1 aliphatic heterocycles. The summed E-state index contributed by atoms with van der Waals surface area (Å²) in [5.74, 6) is 0.175. The number of hydrogen-bond acceptors (Lipinski definition) is 4. The van der Waals surface area contributed by atoms with Gasteiger partial charge in [-0.2, -0.15) is 0 Å². The van der Waals surface area contributed by atoms with Crippen LogP contribution in [0.15, 0.2) is 0 Å². The predicted molar refractivity (Wildman–Crippen MR) is 78.4 cm³/mol. The fraction of sp³-hybridized carbons (Fsp3) is 0.867. The molecule has 0 aromatic rings. The van der Waals surface area contributed by atoms with Crippen LogP contribution in [0, 0.1) is 0 Å². The van der Waals surface area contributed by atoms with Crippen molar-refractivity contribution in [1.82, 2.24) is 10.2 Å². The Morgan fingerprint density at radius 3 is 2.50 bits per heavy atom. The lowest BCUT2D eigenvalue weighted by atomic mass is 10.2. The number of esters is 1. The Morgan fingerprint density at radius 1 is 1.05 bits per heavy atom. The van der Waals surface area contributed by atoms with Crippen molar-refractivity contribution in [1.29, 1.82) is 0 Å². The number of ether oxygens (including phenoxy) is 1. The van der Waals surface area contributed by atoms with Crippen LogP contribution in [0.25, 0.3) is 0 Å².